The van der Waals surface area contributed by atoms with E-state index in [-0.39, 0.29) is 24.9 Å². The van der Waals surface area contributed by atoms with Gasteiger partial charge in [0.25, 0.3) is 5.91 Å². The molecule has 0 aliphatic carbocycles. The summed E-state index contributed by atoms with van der Waals surface area (Å²) < 4.78 is 0. The van der Waals surface area contributed by atoms with E-state index in [1.807, 2.05) is 0 Å². The number of hydrogen-bond acceptors (Lipinski definition) is 4. The van der Waals surface area contributed by atoms with Gasteiger partial charge >= 0.3 is 0 Å². The minimum Gasteiger partial charge on any atom is -0.342 e. The molecule has 1 aromatic rings. The second-order valence-electron chi connectivity index (χ2n) is 4.51. The zero-order valence-electron chi connectivity index (χ0n) is 11.3. The van der Waals surface area contributed by atoms with Gasteiger partial charge in [0.05, 0.1) is 12.1 Å². The summed E-state index contributed by atoms with van der Waals surface area (Å²) in [6.45, 7) is 1.43. The summed E-state index contributed by atoms with van der Waals surface area (Å²) in [6, 6.07) is 1.67. The molecule has 6 nitrogen and oxygen atoms in total. The summed E-state index contributed by atoms with van der Waals surface area (Å²) >= 11 is 0. The first-order chi connectivity index (χ1) is 9.61. The first-order valence-electron chi connectivity index (χ1n) is 6.29. The van der Waals surface area contributed by atoms with Crippen molar-refractivity contribution in [2.24, 2.45) is 5.73 Å². The molecule has 20 heavy (non-hydrogen) atoms. The second-order valence-corrected chi connectivity index (χ2v) is 4.51. The predicted molar refractivity (Wildman–Crippen MR) is 73.7 cm³/mol. The first-order valence-corrected chi connectivity index (χ1v) is 6.29. The van der Waals surface area contributed by atoms with E-state index >= 15 is 0 Å². The SMILES string of the molecule is CN1CCN(C(=O)c2cncc(C#CCN)c2)CC1=O. The normalized spacial score (nSPS) is 14.8. The maximum Gasteiger partial charge on any atom is 0.255 e. The molecule has 1 fully saturated rings. The van der Waals surface area contributed by atoms with Crippen molar-refractivity contribution in [1.29, 1.82) is 0 Å². The Kier molecular flexibility index (Phi) is 4.33. The molecule has 0 spiro atoms. The van der Waals surface area contributed by atoms with Gasteiger partial charge in [0, 0.05) is 38.1 Å². The van der Waals surface area contributed by atoms with Gasteiger partial charge in [-0.25, -0.2) is 0 Å². The maximum absolute atomic E-state index is 12.3. The Hall–Kier alpha value is -2.39. The number of likely N-dealkylation sites (N-methyl/N-ethyl adjacent to an activating group) is 1. The van der Waals surface area contributed by atoms with E-state index < -0.39 is 0 Å². The highest BCUT2D eigenvalue weighted by atomic mass is 16.2. The number of nitrogens with zero attached hydrogens (tertiary/aromatic N) is 3. The molecule has 2 amide bonds. The number of pyridine rings is 1. The topological polar surface area (TPSA) is 79.5 Å². The molecule has 6 heteroatoms. The Balaban J connectivity index is 2.15. The van der Waals surface area contributed by atoms with Crippen molar-refractivity contribution < 1.29 is 9.59 Å². The van der Waals surface area contributed by atoms with Gasteiger partial charge in [-0.2, -0.15) is 0 Å². The van der Waals surface area contributed by atoms with Gasteiger partial charge in [-0.1, -0.05) is 11.8 Å². The van der Waals surface area contributed by atoms with Crippen LogP contribution >= 0.6 is 0 Å². The predicted octanol–water partition coefficient (Wildman–Crippen LogP) is -0.694. The van der Waals surface area contributed by atoms with Gasteiger partial charge in [0.1, 0.15) is 6.54 Å². The average molecular weight is 272 g/mol. The summed E-state index contributed by atoms with van der Waals surface area (Å²) in [5.74, 6) is 5.29. The standard InChI is InChI=1S/C14H16N4O2/c1-17-5-6-18(10-13(17)19)14(20)12-7-11(3-2-4-15)8-16-9-12/h7-9H,4-6,10,15H2,1H3. The lowest BCUT2D eigenvalue weighted by Crippen LogP contribution is -2.50. The fraction of sp³-hybridized carbons (Fsp3) is 0.357. The van der Waals surface area contributed by atoms with Crippen LogP contribution in [-0.2, 0) is 4.79 Å². The number of piperazine rings is 1. The lowest BCUT2D eigenvalue weighted by Gasteiger charge is -2.31. The lowest BCUT2D eigenvalue weighted by molar-refractivity contribution is -0.133. The van der Waals surface area contributed by atoms with E-state index in [9.17, 15) is 9.59 Å². The van der Waals surface area contributed by atoms with E-state index in [0.717, 1.165) is 0 Å². The van der Waals surface area contributed by atoms with Crippen LogP contribution in [-0.4, -0.2) is 59.8 Å². The molecular formula is C14H16N4O2. The quantitative estimate of drug-likeness (QED) is 0.686. The third kappa shape index (κ3) is 3.13. The van der Waals surface area contributed by atoms with Gasteiger partial charge < -0.3 is 15.5 Å². The number of amides is 2. The largest absolute Gasteiger partial charge is 0.342 e. The van der Waals surface area contributed by atoms with Crippen molar-refractivity contribution >= 4 is 11.8 Å². The number of aromatic nitrogens is 1. The Morgan fingerprint density at radius 1 is 1.45 bits per heavy atom. The molecule has 0 unspecified atom stereocenters. The highest BCUT2D eigenvalue weighted by Gasteiger charge is 2.25. The van der Waals surface area contributed by atoms with Crippen LogP contribution in [0, 0.1) is 11.8 Å². The molecule has 104 valence electrons. The molecule has 0 radical (unpaired) electrons. The zero-order valence-corrected chi connectivity index (χ0v) is 11.3. The third-order valence-electron chi connectivity index (χ3n) is 3.06. The van der Waals surface area contributed by atoms with Crippen molar-refractivity contribution in [1.82, 2.24) is 14.8 Å². The van der Waals surface area contributed by atoms with Gasteiger partial charge in [0.2, 0.25) is 5.91 Å². The van der Waals surface area contributed by atoms with Gasteiger partial charge in [-0.3, -0.25) is 14.6 Å². The monoisotopic (exact) mass is 272 g/mol. The molecule has 1 aromatic heterocycles. The van der Waals surface area contributed by atoms with E-state index in [1.54, 1.807) is 24.2 Å². The fourth-order valence-electron chi connectivity index (χ4n) is 1.89. The molecular weight excluding hydrogens is 256 g/mol. The number of carbonyl (C=O) groups excluding carboxylic acids is 2. The Morgan fingerprint density at radius 3 is 2.95 bits per heavy atom. The van der Waals surface area contributed by atoms with Crippen LogP contribution in [0.3, 0.4) is 0 Å². The number of rotatable bonds is 1. The van der Waals surface area contributed by atoms with Crippen molar-refractivity contribution in [3.05, 3.63) is 29.6 Å². The maximum atomic E-state index is 12.3. The van der Waals surface area contributed by atoms with E-state index in [1.165, 1.54) is 11.1 Å². The molecule has 1 aliphatic heterocycles. The molecule has 2 N–H and O–H groups in total. The molecule has 1 aliphatic rings. The fourth-order valence-corrected chi connectivity index (χ4v) is 1.89. The Labute approximate surface area is 117 Å². The van der Waals surface area contributed by atoms with Crippen LogP contribution < -0.4 is 5.73 Å². The second kappa shape index (κ2) is 6.17. The smallest absolute Gasteiger partial charge is 0.255 e. The van der Waals surface area contributed by atoms with Crippen LogP contribution in [0.4, 0.5) is 0 Å². The van der Waals surface area contributed by atoms with Gasteiger partial charge in [-0.15, -0.1) is 0 Å². The highest BCUT2D eigenvalue weighted by molar-refractivity contribution is 5.97. The van der Waals surface area contributed by atoms with E-state index in [2.05, 4.69) is 16.8 Å². The molecule has 0 aromatic carbocycles. The number of nitrogens with two attached hydrogens (primary N) is 1. The Morgan fingerprint density at radius 2 is 2.25 bits per heavy atom. The van der Waals surface area contributed by atoms with E-state index in [0.29, 0.717) is 24.2 Å². The average Bonchev–Trinajstić information content (AvgIpc) is 2.47. The van der Waals surface area contributed by atoms with E-state index in [4.69, 9.17) is 5.73 Å². The van der Waals surface area contributed by atoms with Crippen LogP contribution in [0.5, 0.6) is 0 Å². The molecule has 1 saturated heterocycles. The van der Waals surface area contributed by atoms with Crippen molar-refractivity contribution in [3.8, 4) is 11.8 Å². The van der Waals surface area contributed by atoms with Gasteiger partial charge in [-0.05, 0) is 6.07 Å². The summed E-state index contributed by atoms with van der Waals surface area (Å²) in [7, 11) is 1.73. The van der Waals surface area contributed by atoms with Crippen LogP contribution in [0.25, 0.3) is 0 Å². The minimum absolute atomic E-state index is 0.0587. The summed E-state index contributed by atoms with van der Waals surface area (Å²) in [5.41, 5.74) is 6.38. The van der Waals surface area contributed by atoms with Crippen molar-refractivity contribution in [2.75, 3.05) is 33.2 Å². The highest BCUT2D eigenvalue weighted by Crippen LogP contribution is 2.09. The number of hydrogen-bond donors (Lipinski definition) is 1. The van der Waals surface area contributed by atoms with Crippen LogP contribution in [0.2, 0.25) is 0 Å². The summed E-state index contributed by atoms with van der Waals surface area (Å²) in [6.07, 6.45) is 3.06. The molecule has 2 heterocycles. The molecule has 0 atom stereocenters. The van der Waals surface area contributed by atoms with Crippen molar-refractivity contribution in [2.45, 2.75) is 0 Å². The van der Waals surface area contributed by atoms with Crippen LogP contribution in [0.15, 0.2) is 18.5 Å². The molecule has 2 rings (SSSR count). The zero-order chi connectivity index (χ0) is 14.5. The Bertz CT molecular complexity index is 588. The van der Waals surface area contributed by atoms with Crippen molar-refractivity contribution in [3.63, 3.8) is 0 Å². The third-order valence-corrected chi connectivity index (χ3v) is 3.06. The summed E-state index contributed by atoms with van der Waals surface area (Å²) in [5, 5.41) is 0. The molecule has 0 saturated carbocycles. The summed E-state index contributed by atoms with van der Waals surface area (Å²) in [4.78, 5) is 31.1. The lowest BCUT2D eigenvalue weighted by atomic mass is 10.1. The van der Waals surface area contributed by atoms with Gasteiger partial charge in [0.15, 0.2) is 0 Å². The first kappa shape index (κ1) is 14.0. The minimum atomic E-state index is -0.199. The van der Waals surface area contributed by atoms with Crippen LogP contribution in [0.1, 0.15) is 15.9 Å². The molecule has 0 bridgehead atoms. The number of carbonyl (C=O) groups is 2.